The summed E-state index contributed by atoms with van der Waals surface area (Å²) in [6.45, 7) is 0.801. The predicted molar refractivity (Wildman–Crippen MR) is 96.3 cm³/mol. The summed E-state index contributed by atoms with van der Waals surface area (Å²) >= 11 is 6.17. The third-order valence-corrected chi connectivity index (χ3v) is 5.21. The van der Waals surface area contributed by atoms with Crippen molar-refractivity contribution >= 4 is 28.6 Å². The molecule has 0 radical (unpaired) electrons. The molecule has 0 amide bonds. The number of nitrogens with one attached hydrogen (secondary N) is 2. The van der Waals surface area contributed by atoms with Crippen molar-refractivity contribution in [2.45, 2.75) is 24.7 Å². The maximum absolute atomic E-state index is 9.19. The molecular formula is C19H17ClN4. The van der Waals surface area contributed by atoms with Gasteiger partial charge in [0.25, 0.3) is 0 Å². The molecule has 0 spiro atoms. The molecule has 0 saturated heterocycles. The minimum Gasteiger partial charge on any atom is -0.355 e. The zero-order chi connectivity index (χ0) is 16.6. The van der Waals surface area contributed by atoms with Crippen LogP contribution in [0.1, 0.15) is 30.4 Å². The molecule has 4 nitrogen and oxygen atoms in total. The van der Waals surface area contributed by atoms with E-state index in [0.717, 1.165) is 29.9 Å². The fraction of sp³-hybridized carbons (Fsp3) is 0.263. The average Bonchev–Trinajstić information content (AvgIpc) is 2.97. The first-order valence-electron chi connectivity index (χ1n) is 8.09. The number of H-pyrrole nitrogens is 1. The Hall–Kier alpha value is -2.51. The number of para-hydroxylation sites is 1. The molecule has 1 fully saturated rings. The second-order valence-corrected chi connectivity index (χ2v) is 6.83. The van der Waals surface area contributed by atoms with E-state index in [1.807, 2.05) is 24.3 Å². The van der Waals surface area contributed by atoms with Crippen molar-refractivity contribution in [3.8, 4) is 6.07 Å². The van der Waals surface area contributed by atoms with E-state index in [0.29, 0.717) is 17.0 Å². The molecule has 1 aromatic heterocycles. The average molecular weight is 337 g/mol. The maximum atomic E-state index is 9.19. The van der Waals surface area contributed by atoms with E-state index in [1.54, 1.807) is 6.07 Å². The van der Waals surface area contributed by atoms with Gasteiger partial charge in [-0.2, -0.15) is 5.26 Å². The van der Waals surface area contributed by atoms with E-state index in [9.17, 15) is 5.26 Å². The molecule has 0 atom stereocenters. The maximum Gasteiger partial charge on any atom is 0.201 e. The Kier molecular flexibility index (Phi) is 3.66. The Bertz CT molecular complexity index is 934. The van der Waals surface area contributed by atoms with Crippen molar-refractivity contribution in [2.24, 2.45) is 0 Å². The van der Waals surface area contributed by atoms with Crippen LogP contribution in [0.25, 0.3) is 11.0 Å². The molecule has 0 bridgehead atoms. The lowest BCUT2D eigenvalue weighted by molar-refractivity contribution is 0.260. The number of anilines is 1. The van der Waals surface area contributed by atoms with Gasteiger partial charge in [0.2, 0.25) is 5.95 Å². The first-order chi connectivity index (χ1) is 11.7. The lowest BCUT2D eigenvalue weighted by atomic mass is 9.64. The van der Waals surface area contributed by atoms with Crippen LogP contribution in [-0.2, 0) is 5.41 Å². The summed E-state index contributed by atoms with van der Waals surface area (Å²) < 4.78 is 0. The largest absolute Gasteiger partial charge is 0.355 e. The minimum atomic E-state index is 0.113. The molecule has 1 aliphatic carbocycles. The van der Waals surface area contributed by atoms with Gasteiger partial charge in [0.05, 0.1) is 11.1 Å². The normalized spacial score (nSPS) is 15.7. The second-order valence-electron chi connectivity index (χ2n) is 6.40. The Morgan fingerprint density at radius 2 is 2.08 bits per heavy atom. The van der Waals surface area contributed by atoms with Crippen LogP contribution in [0, 0.1) is 11.3 Å². The fourth-order valence-electron chi connectivity index (χ4n) is 3.45. The molecule has 4 rings (SSSR count). The number of benzene rings is 2. The summed E-state index contributed by atoms with van der Waals surface area (Å²) in [5.74, 6) is 0.709. The molecule has 3 aromatic rings. The van der Waals surface area contributed by atoms with Gasteiger partial charge >= 0.3 is 0 Å². The minimum absolute atomic E-state index is 0.113. The molecule has 1 heterocycles. The van der Waals surface area contributed by atoms with Crippen LogP contribution in [0.2, 0.25) is 5.02 Å². The second kappa shape index (κ2) is 5.85. The third kappa shape index (κ3) is 2.51. The van der Waals surface area contributed by atoms with Gasteiger partial charge in [0.15, 0.2) is 0 Å². The highest BCUT2D eigenvalue weighted by Crippen LogP contribution is 2.44. The zero-order valence-electron chi connectivity index (χ0n) is 13.1. The van der Waals surface area contributed by atoms with Crippen LogP contribution in [0.15, 0.2) is 42.5 Å². The summed E-state index contributed by atoms with van der Waals surface area (Å²) in [5.41, 5.74) is 3.57. The molecule has 2 N–H and O–H groups in total. The van der Waals surface area contributed by atoms with Gasteiger partial charge in [-0.3, -0.25) is 0 Å². The standard InChI is InChI=1S/C19H17ClN4/c20-15-6-2-5-14(10-15)19(8-3-9-19)12-22-18-23-16-7-1-4-13(11-21)17(16)24-18/h1-2,4-7,10H,3,8-9,12H2,(H2,22,23,24). The number of fused-ring (bicyclic) bond motifs is 1. The highest BCUT2D eigenvalue weighted by molar-refractivity contribution is 6.30. The molecule has 24 heavy (non-hydrogen) atoms. The van der Waals surface area contributed by atoms with Gasteiger partial charge in [-0.05, 0) is 42.7 Å². The van der Waals surface area contributed by atoms with Crippen molar-refractivity contribution in [3.63, 3.8) is 0 Å². The van der Waals surface area contributed by atoms with Crippen molar-refractivity contribution in [3.05, 3.63) is 58.6 Å². The van der Waals surface area contributed by atoms with Crippen molar-refractivity contribution in [1.29, 1.82) is 5.26 Å². The Balaban J connectivity index is 1.59. The fourth-order valence-corrected chi connectivity index (χ4v) is 3.64. The summed E-state index contributed by atoms with van der Waals surface area (Å²) in [4.78, 5) is 7.80. The van der Waals surface area contributed by atoms with Crippen LogP contribution < -0.4 is 5.32 Å². The number of rotatable bonds is 4. The Morgan fingerprint density at radius 3 is 2.79 bits per heavy atom. The Labute approximate surface area is 145 Å². The molecule has 1 aliphatic rings. The first kappa shape index (κ1) is 15.0. The highest BCUT2D eigenvalue weighted by Gasteiger charge is 2.38. The predicted octanol–water partition coefficient (Wildman–Crippen LogP) is 4.62. The number of nitriles is 1. The molecule has 2 aromatic carbocycles. The summed E-state index contributed by atoms with van der Waals surface area (Å²) in [5, 5.41) is 13.4. The van der Waals surface area contributed by atoms with Gasteiger partial charge in [0.1, 0.15) is 11.6 Å². The molecule has 120 valence electrons. The quantitative estimate of drug-likeness (QED) is 0.730. The van der Waals surface area contributed by atoms with Gasteiger partial charge in [-0.15, -0.1) is 0 Å². The third-order valence-electron chi connectivity index (χ3n) is 4.98. The molecule has 0 aliphatic heterocycles. The van der Waals surface area contributed by atoms with Crippen molar-refractivity contribution < 1.29 is 0 Å². The number of hydrogen-bond acceptors (Lipinski definition) is 3. The topological polar surface area (TPSA) is 64.5 Å². The monoisotopic (exact) mass is 336 g/mol. The summed E-state index contributed by atoms with van der Waals surface area (Å²) in [6.07, 6.45) is 3.51. The molecular weight excluding hydrogens is 320 g/mol. The molecule has 1 saturated carbocycles. The summed E-state index contributed by atoms with van der Waals surface area (Å²) in [7, 11) is 0. The smallest absolute Gasteiger partial charge is 0.201 e. The van der Waals surface area contributed by atoms with Crippen molar-refractivity contribution in [2.75, 3.05) is 11.9 Å². The van der Waals surface area contributed by atoms with E-state index in [2.05, 4.69) is 33.5 Å². The number of aromatic nitrogens is 2. The van der Waals surface area contributed by atoms with Crippen LogP contribution in [0.5, 0.6) is 0 Å². The Morgan fingerprint density at radius 1 is 1.25 bits per heavy atom. The molecule has 5 heteroatoms. The van der Waals surface area contributed by atoms with Crippen LogP contribution >= 0.6 is 11.6 Å². The lowest BCUT2D eigenvalue weighted by Gasteiger charge is -2.42. The SMILES string of the molecule is N#Cc1cccc2[nH]c(NCC3(c4cccc(Cl)c4)CCC3)nc12. The number of imidazole rings is 1. The van der Waals surface area contributed by atoms with Crippen LogP contribution in [0.4, 0.5) is 5.95 Å². The van der Waals surface area contributed by atoms with Gasteiger partial charge in [-0.25, -0.2) is 4.98 Å². The van der Waals surface area contributed by atoms with E-state index in [4.69, 9.17) is 11.6 Å². The van der Waals surface area contributed by atoms with Gasteiger partial charge in [0, 0.05) is 17.0 Å². The lowest BCUT2D eigenvalue weighted by Crippen LogP contribution is -2.41. The van der Waals surface area contributed by atoms with Crippen LogP contribution in [-0.4, -0.2) is 16.5 Å². The number of aromatic amines is 1. The van der Waals surface area contributed by atoms with Crippen molar-refractivity contribution in [1.82, 2.24) is 9.97 Å². The first-order valence-corrected chi connectivity index (χ1v) is 8.47. The van der Waals surface area contributed by atoms with Gasteiger partial charge < -0.3 is 10.3 Å². The highest BCUT2D eigenvalue weighted by atomic mass is 35.5. The summed E-state index contributed by atoms with van der Waals surface area (Å²) in [6, 6.07) is 15.9. The van der Waals surface area contributed by atoms with Gasteiger partial charge in [-0.1, -0.05) is 36.2 Å². The van der Waals surface area contributed by atoms with E-state index < -0.39 is 0 Å². The number of hydrogen-bond donors (Lipinski definition) is 2. The van der Waals surface area contributed by atoms with E-state index >= 15 is 0 Å². The van der Waals surface area contributed by atoms with E-state index in [-0.39, 0.29) is 5.41 Å². The number of nitrogens with zero attached hydrogens (tertiary/aromatic N) is 2. The van der Waals surface area contributed by atoms with E-state index in [1.165, 1.54) is 12.0 Å². The number of halogens is 1. The van der Waals surface area contributed by atoms with Crippen LogP contribution in [0.3, 0.4) is 0 Å². The zero-order valence-corrected chi connectivity index (χ0v) is 13.9. The molecule has 0 unspecified atom stereocenters.